The summed E-state index contributed by atoms with van der Waals surface area (Å²) in [6.45, 7) is 4.13. The Kier molecular flexibility index (Phi) is 3.55. The van der Waals surface area contributed by atoms with Crippen molar-refractivity contribution in [3.63, 3.8) is 0 Å². The normalized spacial score (nSPS) is 21.9. The van der Waals surface area contributed by atoms with Gasteiger partial charge in [-0.1, -0.05) is 6.92 Å². The zero-order chi connectivity index (χ0) is 10.8. The number of hydrogen-bond donors (Lipinski definition) is 2. The summed E-state index contributed by atoms with van der Waals surface area (Å²) < 4.78 is 25.9. The van der Waals surface area contributed by atoms with Crippen LogP contribution in [0, 0.1) is 5.92 Å². The first kappa shape index (κ1) is 11.9. The summed E-state index contributed by atoms with van der Waals surface area (Å²) in [6, 6.07) is 0. The Morgan fingerprint density at radius 2 is 2.07 bits per heavy atom. The molecular formula is C9H20N2O2S. The Balaban J connectivity index is 2.64. The first-order chi connectivity index (χ1) is 6.43. The average molecular weight is 220 g/mol. The molecule has 0 saturated heterocycles. The minimum Gasteiger partial charge on any atom is -0.329 e. The molecular weight excluding hydrogens is 200 g/mol. The molecule has 0 radical (unpaired) electrons. The van der Waals surface area contributed by atoms with Gasteiger partial charge in [0.05, 0.1) is 5.75 Å². The molecule has 1 saturated carbocycles. The maximum absolute atomic E-state index is 11.6. The molecule has 5 heteroatoms. The summed E-state index contributed by atoms with van der Waals surface area (Å²) >= 11 is 0. The van der Waals surface area contributed by atoms with Crippen LogP contribution in [0.25, 0.3) is 0 Å². The van der Waals surface area contributed by atoms with Crippen molar-refractivity contribution in [2.45, 2.75) is 38.6 Å². The molecule has 0 aromatic heterocycles. The third-order valence-electron chi connectivity index (χ3n) is 2.76. The van der Waals surface area contributed by atoms with Crippen LogP contribution < -0.4 is 10.5 Å². The molecule has 1 fully saturated rings. The zero-order valence-electron chi connectivity index (χ0n) is 8.91. The summed E-state index contributed by atoms with van der Waals surface area (Å²) in [6.07, 6.45) is 2.81. The molecule has 3 N–H and O–H groups in total. The van der Waals surface area contributed by atoms with Crippen molar-refractivity contribution in [2.75, 3.05) is 12.3 Å². The lowest BCUT2D eigenvalue weighted by molar-refractivity contribution is 0.374. The molecule has 14 heavy (non-hydrogen) atoms. The highest BCUT2D eigenvalue weighted by Gasteiger charge is 2.42. The lowest BCUT2D eigenvalue weighted by Crippen LogP contribution is -2.53. The number of nitrogens with one attached hydrogen (secondary N) is 1. The summed E-state index contributed by atoms with van der Waals surface area (Å²) in [5, 5.41) is 0. The van der Waals surface area contributed by atoms with E-state index in [2.05, 4.69) is 4.72 Å². The second-order valence-corrected chi connectivity index (χ2v) is 6.16. The average Bonchev–Trinajstić information content (AvgIpc) is 2.85. The highest BCUT2D eigenvalue weighted by Crippen LogP contribution is 2.39. The van der Waals surface area contributed by atoms with Crippen molar-refractivity contribution in [3.8, 4) is 0 Å². The molecule has 1 rings (SSSR count). The molecule has 0 heterocycles. The van der Waals surface area contributed by atoms with E-state index in [-0.39, 0.29) is 5.75 Å². The Morgan fingerprint density at radius 3 is 2.43 bits per heavy atom. The van der Waals surface area contributed by atoms with E-state index >= 15 is 0 Å². The maximum atomic E-state index is 11.6. The fourth-order valence-corrected chi connectivity index (χ4v) is 3.29. The quantitative estimate of drug-likeness (QED) is 0.682. The van der Waals surface area contributed by atoms with Crippen LogP contribution in [0.3, 0.4) is 0 Å². The summed E-state index contributed by atoms with van der Waals surface area (Å²) in [7, 11) is -3.14. The topological polar surface area (TPSA) is 72.2 Å². The van der Waals surface area contributed by atoms with E-state index in [4.69, 9.17) is 5.73 Å². The SMILES string of the molecule is CCCS(=O)(=O)NC(C)(CN)C1CC1. The number of nitrogens with two attached hydrogens (primary N) is 1. The Bertz CT molecular complexity index is 285. The second kappa shape index (κ2) is 4.16. The standard InChI is InChI=1S/C9H20N2O2S/c1-3-6-14(12,13)11-9(2,7-10)8-4-5-8/h8,11H,3-7,10H2,1-2H3. The fraction of sp³-hybridized carbons (Fsp3) is 1.00. The van der Waals surface area contributed by atoms with Crippen molar-refractivity contribution in [3.05, 3.63) is 0 Å². The minimum atomic E-state index is -3.14. The van der Waals surface area contributed by atoms with Gasteiger partial charge in [-0.15, -0.1) is 0 Å². The fourth-order valence-electron chi connectivity index (χ4n) is 1.69. The van der Waals surface area contributed by atoms with Gasteiger partial charge in [-0.25, -0.2) is 13.1 Å². The van der Waals surface area contributed by atoms with E-state index < -0.39 is 15.6 Å². The van der Waals surface area contributed by atoms with Gasteiger partial charge in [0.25, 0.3) is 0 Å². The van der Waals surface area contributed by atoms with E-state index in [1.54, 1.807) is 0 Å². The highest BCUT2D eigenvalue weighted by atomic mass is 32.2. The van der Waals surface area contributed by atoms with Crippen LogP contribution in [0.5, 0.6) is 0 Å². The number of rotatable bonds is 6. The van der Waals surface area contributed by atoms with E-state index in [0.29, 0.717) is 18.9 Å². The molecule has 0 aromatic carbocycles. The van der Waals surface area contributed by atoms with Gasteiger partial charge in [0, 0.05) is 12.1 Å². The molecule has 1 atom stereocenters. The maximum Gasteiger partial charge on any atom is 0.212 e. The van der Waals surface area contributed by atoms with Crippen molar-refractivity contribution in [1.82, 2.24) is 4.72 Å². The van der Waals surface area contributed by atoms with Crippen molar-refractivity contribution in [1.29, 1.82) is 0 Å². The summed E-state index contributed by atoms with van der Waals surface area (Å²) in [5.41, 5.74) is 5.20. The molecule has 0 aromatic rings. The Hall–Kier alpha value is -0.130. The largest absolute Gasteiger partial charge is 0.329 e. The summed E-state index contributed by atoms with van der Waals surface area (Å²) in [4.78, 5) is 0. The van der Waals surface area contributed by atoms with E-state index in [1.165, 1.54) is 0 Å². The smallest absolute Gasteiger partial charge is 0.212 e. The molecule has 0 aliphatic heterocycles. The van der Waals surface area contributed by atoms with Crippen molar-refractivity contribution >= 4 is 10.0 Å². The van der Waals surface area contributed by atoms with Gasteiger partial charge in [-0.3, -0.25) is 0 Å². The van der Waals surface area contributed by atoms with Crippen LogP contribution in [0.4, 0.5) is 0 Å². The third-order valence-corrected chi connectivity index (χ3v) is 4.49. The van der Waals surface area contributed by atoms with Crippen LogP contribution in [0.1, 0.15) is 33.1 Å². The Morgan fingerprint density at radius 1 is 1.50 bits per heavy atom. The van der Waals surface area contributed by atoms with E-state index in [9.17, 15) is 8.42 Å². The predicted molar refractivity (Wildman–Crippen MR) is 57.4 cm³/mol. The summed E-state index contributed by atoms with van der Waals surface area (Å²) in [5.74, 6) is 0.620. The predicted octanol–water partition coefficient (Wildman–Crippen LogP) is 0.443. The lowest BCUT2D eigenvalue weighted by atomic mass is 9.98. The van der Waals surface area contributed by atoms with E-state index in [1.807, 2.05) is 13.8 Å². The minimum absolute atomic E-state index is 0.190. The van der Waals surface area contributed by atoms with Crippen LogP contribution in [0.15, 0.2) is 0 Å². The van der Waals surface area contributed by atoms with Crippen LogP contribution >= 0.6 is 0 Å². The first-order valence-electron chi connectivity index (χ1n) is 5.15. The van der Waals surface area contributed by atoms with Gasteiger partial charge in [-0.05, 0) is 32.1 Å². The van der Waals surface area contributed by atoms with Crippen LogP contribution in [-0.2, 0) is 10.0 Å². The first-order valence-corrected chi connectivity index (χ1v) is 6.80. The van der Waals surface area contributed by atoms with Crippen molar-refractivity contribution < 1.29 is 8.42 Å². The molecule has 0 bridgehead atoms. The van der Waals surface area contributed by atoms with Gasteiger partial charge in [-0.2, -0.15) is 0 Å². The monoisotopic (exact) mass is 220 g/mol. The molecule has 0 amide bonds. The van der Waals surface area contributed by atoms with Gasteiger partial charge < -0.3 is 5.73 Å². The number of sulfonamides is 1. The zero-order valence-corrected chi connectivity index (χ0v) is 9.73. The van der Waals surface area contributed by atoms with Crippen molar-refractivity contribution in [2.24, 2.45) is 11.7 Å². The molecule has 4 nitrogen and oxygen atoms in total. The lowest BCUT2D eigenvalue weighted by Gasteiger charge is -2.28. The molecule has 84 valence electrons. The molecule has 1 aliphatic rings. The Labute approximate surface area is 86.3 Å². The second-order valence-electron chi connectivity index (χ2n) is 4.32. The number of hydrogen-bond acceptors (Lipinski definition) is 3. The van der Waals surface area contributed by atoms with Gasteiger partial charge >= 0.3 is 0 Å². The van der Waals surface area contributed by atoms with Gasteiger partial charge in [0.1, 0.15) is 0 Å². The van der Waals surface area contributed by atoms with E-state index in [0.717, 1.165) is 12.8 Å². The third kappa shape index (κ3) is 2.93. The van der Waals surface area contributed by atoms with Gasteiger partial charge in [0.15, 0.2) is 0 Å². The molecule has 1 unspecified atom stereocenters. The van der Waals surface area contributed by atoms with Crippen LogP contribution in [-0.4, -0.2) is 26.3 Å². The molecule has 1 aliphatic carbocycles. The highest BCUT2D eigenvalue weighted by molar-refractivity contribution is 7.89. The van der Waals surface area contributed by atoms with Gasteiger partial charge in [0.2, 0.25) is 10.0 Å². The van der Waals surface area contributed by atoms with Crippen LogP contribution in [0.2, 0.25) is 0 Å². The molecule has 0 spiro atoms.